The molecule has 4 aromatic rings. The molecule has 0 fully saturated rings. The summed E-state index contributed by atoms with van der Waals surface area (Å²) in [4.78, 5) is 23.5. The van der Waals surface area contributed by atoms with Gasteiger partial charge in [0.15, 0.2) is 5.65 Å². The second-order valence-corrected chi connectivity index (χ2v) is 7.66. The fourth-order valence-corrected chi connectivity index (χ4v) is 3.69. The number of benzene rings is 2. The van der Waals surface area contributed by atoms with E-state index in [1.165, 1.54) is 41.3 Å². The van der Waals surface area contributed by atoms with E-state index >= 15 is 0 Å². The quantitative estimate of drug-likeness (QED) is 0.468. The lowest BCUT2D eigenvalue weighted by molar-refractivity contribution is 0.190. The molecular weight excluding hydrogens is 430 g/mol. The summed E-state index contributed by atoms with van der Waals surface area (Å²) in [5.41, 5.74) is 1.26. The van der Waals surface area contributed by atoms with Crippen LogP contribution in [0.2, 0.25) is 0 Å². The van der Waals surface area contributed by atoms with Gasteiger partial charge in [0.25, 0.3) is 5.56 Å². The minimum absolute atomic E-state index is 0.0167. The summed E-state index contributed by atoms with van der Waals surface area (Å²) >= 11 is 0. The molecule has 9 heteroatoms. The molecule has 33 heavy (non-hydrogen) atoms. The Balaban J connectivity index is 2.12. The number of fused-ring (bicyclic) bond motifs is 1. The highest BCUT2D eigenvalue weighted by Gasteiger charge is 2.22. The molecule has 0 saturated carbocycles. The maximum atomic E-state index is 14.7. The van der Waals surface area contributed by atoms with Crippen molar-refractivity contribution < 1.29 is 19.0 Å². The van der Waals surface area contributed by atoms with Crippen LogP contribution in [-0.4, -0.2) is 51.1 Å². The predicted octanol–water partition coefficient (Wildman–Crippen LogP) is 2.82. The molecule has 0 bridgehead atoms. The van der Waals surface area contributed by atoms with Gasteiger partial charge in [-0.15, -0.1) is 0 Å². The van der Waals surface area contributed by atoms with E-state index < -0.39 is 23.2 Å². The first-order chi connectivity index (χ1) is 15.8. The first-order valence-electron chi connectivity index (χ1n) is 10.3. The number of halogens is 2. The number of likely N-dealkylation sites (N-methyl/N-ethyl adjacent to an activating group) is 1. The van der Waals surface area contributed by atoms with Crippen molar-refractivity contribution in [2.24, 2.45) is 0 Å². The molecular formula is C24H22F2N4O3. The Hall–Kier alpha value is -3.69. The average molecular weight is 452 g/mol. The molecule has 2 N–H and O–H groups in total. The van der Waals surface area contributed by atoms with Crippen LogP contribution in [0.15, 0.2) is 59.4 Å². The van der Waals surface area contributed by atoms with Crippen molar-refractivity contribution in [1.82, 2.24) is 14.5 Å². The third kappa shape index (κ3) is 4.08. The van der Waals surface area contributed by atoms with E-state index in [4.69, 9.17) is 0 Å². The second kappa shape index (κ2) is 9.05. The molecule has 0 saturated heterocycles. The third-order valence-corrected chi connectivity index (χ3v) is 5.56. The topological polar surface area (TPSA) is 91.5 Å². The van der Waals surface area contributed by atoms with Crippen LogP contribution in [-0.2, 0) is 0 Å². The highest BCUT2D eigenvalue weighted by Crippen LogP contribution is 2.31. The van der Waals surface area contributed by atoms with Crippen LogP contribution in [0, 0.1) is 18.6 Å². The van der Waals surface area contributed by atoms with Crippen LogP contribution in [0.3, 0.4) is 0 Å². The first-order valence-corrected chi connectivity index (χ1v) is 10.3. The van der Waals surface area contributed by atoms with Crippen molar-refractivity contribution in [3.05, 3.63) is 82.1 Å². The summed E-state index contributed by atoms with van der Waals surface area (Å²) in [5, 5.41) is 19.7. The molecule has 0 atom stereocenters. The van der Waals surface area contributed by atoms with Gasteiger partial charge in [-0.2, -0.15) is 4.98 Å². The Morgan fingerprint density at radius 3 is 2.42 bits per heavy atom. The van der Waals surface area contributed by atoms with Crippen molar-refractivity contribution in [2.75, 3.05) is 25.2 Å². The van der Waals surface area contributed by atoms with Crippen molar-refractivity contribution in [2.45, 2.75) is 13.0 Å². The molecule has 0 radical (unpaired) electrons. The fourth-order valence-electron chi connectivity index (χ4n) is 3.69. The Morgan fingerprint density at radius 1 is 1.03 bits per heavy atom. The van der Waals surface area contributed by atoms with E-state index in [9.17, 15) is 23.8 Å². The van der Waals surface area contributed by atoms with Gasteiger partial charge in [-0.1, -0.05) is 12.1 Å². The van der Waals surface area contributed by atoms with Crippen molar-refractivity contribution in [1.29, 1.82) is 0 Å². The van der Waals surface area contributed by atoms with Gasteiger partial charge in [-0.3, -0.25) is 9.36 Å². The van der Waals surface area contributed by atoms with E-state index in [-0.39, 0.29) is 30.5 Å². The Kier molecular flexibility index (Phi) is 6.17. The molecule has 0 amide bonds. The van der Waals surface area contributed by atoms with Gasteiger partial charge in [0.2, 0.25) is 5.95 Å². The number of pyridine rings is 1. The molecule has 0 aliphatic rings. The van der Waals surface area contributed by atoms with Crippen molar-refractivity contribution in [3.8, 4) is 16.9 Å². The van der Waals surface area contributed by atoms with E-state index in [0.29, 0.717) is 22.2 Å². The summed E-state index contributed by atoms with van der Waals surface area (Å²) in [7, 11) is 1.59. The van der Waals surface area contributed by atoms with Crippen molar-refractivity contribution >= 4 is 17.0 Å². The summed E-state index contributed by atoms with van der Waals surface area (Å²) in [6.07, 6.45) is 0. The van der Waals surface area contributed by atoms with Gasteiger partial charge in [0.1, 0.15) is 11.6 Å². The molecule has 2 aromatic carbocycles. The maximum absolute atomic E-state index is 14.7. The molecule has 0 spiro atoms. The zero-order chi connectivity index (χ0) is 23.7. The van der Waals surface area contributed by atoms with Crippen molar-refractivity contribution in [3.63, 3.8) is 0 Å². The van der Waals surface area contributed by atoms with Gasteiger partial charge < -0.3 is 15.1 Å². The largest absolute Gasteiger partial charge is 0.394 e. The average Bonchev–Trinajstić information content (AvgIpc) is 2.80. The summed E-state index contributed by atoms with van der Waals surface area (Å²) in [5.74, 6) is -0.912. The summed E-state index contributed by atoms with van der Waals surface area (Å²) < 4.78 is 29.6. The molecule has 7 nitrogen and oxygen atoms in total. The number of para-hydroxylation sites is 1. The zero-order valence-corrected chi connectivity index (χ0v) is 18.0. The number of aromatic nitrogens is 3. The number of hydrogen-bond donors (Lipinski definition) is 2. The van der Waals surface area contributed by atoms with Gasteiger partial charge in [-0.25, -0.2) is 13.8 Å². The normalized spacial score (nSPS) is 11.4. The van der Waals surface area contributed by atoms with Gasteiger partial charge in [0.05, 0.1) is 30.6 Å². The molecule has 0 unspecified atom stereocenters. The van der Waals surface area contributed by atoms with Crippen LogP contribution in [0.1, 0.15) is 5.56 Å². The predicted molar refractivity (Wildman–Crippen MR) is 122 cm³/mol. The van der Waals surface area contributed by atoms with E-state index in [2.05, 4.69) is 9.97 Å². The first kappa shape index (κ1) is 22.5. The smallest absolute Gasteiger partial charge is 0.256 e. The number of aliphatic hydroxyl groups is 2. The lowest BCUT2D eigenvalue weighted by Gasteiger charge is -2.26. The number of anilines is 1. The van der Waals surface area contributed by atoms with E-state index in [1.807, 2.05) is 0 Å². The maximum Gasteiger partial charge on any atom is 0.256 e. The van der Waals surface area contributed by atoms with Crippen LogP contribution in [0.4, 0.5) is 14.7 Å². The minimum Gasteiger partial charge on any atom is -0.394 e. The third-order valence-electron chi connectivity index (χ3n) is 5.56. The standard InChI is InChI=1S/C24H22F2N4O3/c1-14-11-15(25)7-8-17(14)22-18-9-10-21(33)30(20-6-4-3-5-19(20)26)23(18)28-24(27-22)29(2)16(12-31)13-32/h3-11,16,31-32H,12-13H2,1-2H3. The molecule has 0 aliphatic heterocycles. The minimum atomic E-state index is -0.707. The molecule has 4 rings (SSSR count). The highest BCUT2D eigenvalue weighted by atomic mass is 19.1. The second-order valence-electron chi connectivity index (χ2n) is 7.66. The lowest BCUT2D eigenvalue weighted by Crippen LogP contribution is -2.39. The number of nitrogens with zero attached hydrogens (tertiary/aromatic N) is 4. The van der Waals surface area contributed by atoms with Gasteiger partial charge >= 0.3 is 0 Å². The highest BCUT2D eigenvalue weighted by molar-refractivity contribution is 5.93. The number of aliphatic hydroxyl groups excluding tert-OH is 2. The lowest BCUT2D eigenvalue weighted by atomic mass is 10.0. The van der Waals surface area contributed by atoms with Gasteiger partial charge in [-0.05, 0) is 48.9 Å². The monoisotopic (exact) mass is 452 g/mol. The van der Waals surface area contributed by atoms with Crippen LogP contribution in [0.5, 0.6) is 0 Å². The van der Waals surface area contributed by atoms with Gasteiger partial charge in [0, 0.05) is 24.1 Å². The summed E-state index contributed by atoms with van der Waals surface area (Å²) in [6, 6.07) is 12.2. The number of aryl methyl sites for hydroxylation is 1. The van der Waals surface area contributed by atoms with Crippen LogP contribution in [0.25, 0.3) is 28.0 Å². The number of rotatable bonds is 6. The van der Waals surface area contributed by atoms with Crippen LogP contribution < -0.4 is 10.5 Å². The zero-order valence-electron chi connectivity index (χ0n) is 18.0. The van der Waals surface area contributed by atoms with E-state index in [0.717, 1.165) is 4.57 Å². The molecule has 170 valence electrons. The Labute approximate surface area is 188 Å². The SMILES string of the molecule is Cc1cc(F)ccc1-c1nc(N(C)C(CO)CO)nc2c1ccc(=O)n2-c1ccccc1F. The summed E-state index contributed by atoms with van der Waals surface area (Å²) in [6.45, 7) is 0.995. The molecule has 0 aliphatic carbocycles. The molecule has 2 aromatic heterocycles. The van der Waals surface area contributed by atoms with E-state index in [1.54, 1.807) is 32.2 Å². The molecule has 2 heterocycles. The Bertz CT molecular complexity index is 1390. The van der Waals surface area contributed by atoms with Crippen LogP contribution >= 0.6 is 0 Å². The number of hydrogen-bond acceptors (Lipinski definition) is 6. The Morgan fingerprint density at radius 2 is 1.76 bits per heavy atom. The fraction of sp³-hybridized carbons (Fsp3) is 0.208.